The van der Waals surface area contributed by atoms with E-state index in [9.17, 15) is 4.39 Å². The average molecular weight is 240 g/mol. The van der Waals surface area contributed by atoms with Gasteiger partial charge in [0.25, 0.3) is 0 Å². The SMILES string of the molecule is C=C(NCCS)c1cnc(C(C)C)c(F)c1. The van der Waals surface area contributed by atoms with Crippen LogP contribution in [0.4, 0.5) is 4.39 Å². The topological polar surface area (TPSA) is 24.9 Å². The Hall–Kier alpha value is -1.03. The maximum absolute atomic E-state index is 13.6. The molecular formula is C12H17FN2S. The summed E-state index contributed by atoms with van der Waals surface area (Å²) in [5, 5.41) is 3.05. The Bertz CT molecular complexity index is 377. The second kappa shape index (κ2) is 5.89. The van der Waals surface area contributed by atoms with Crippen LogP contribution in [0, 0.1) is 5.82 Å². The molecule has 4 heteroatoms. The molecule has 0 aliphatic heterocycles. The van der Waals surface area contributed by atoms with E-state index >= 15 is 0 Å². The van der Waals surface area contributed by atoms with E-state index in [0.717, 1.165) is 0 Å². The number of aromatic nitrogens is 1. The Labute approximate surface area is 101 Å². The fourth-order valence-corrected chi connectivity index (χ4v) is 1.46. The molecule has 0 saturated heterocycles. The fraction of sp³-hybridized carbons (Fsp3) is 0.417. The quantitative estimate of drug-likeness (QED) is 0.774. The number of halogens is 1. The standard InChI is InChI=1S/C12H17FN2S/c1-8(2)12-11(13)6-10(7-15-12)9(3)14-4-5-16/h6-8,14,16H,3-5H2,1-2H3. The Morgan fingerprint density at radius 2 is 2.31 bits per heavy atom. The summed E-state index contributed by atoms with van der Waals surface area (Å²) in [5.74, 6) is 0.521. The second-order valence-corrected chi connectivity index (χ2v) is 4.32. The molecule has 0 fully saturated rings. The highest BCUT2D eigenvalue weighted by atomic mass is 32.1. The molecule has 0 radical (unpaired) electrons. The Balaban J connectivity index is 2.84. The van der Waals surface area contributed by atoms with Crippen molar-refractivity contribution in [3.05, 3.63) is 35.9 Å². The van der Waals surface area contributed by atoms with Gasteiger partial charge in [-0.2, -0.15) is 12.6 Å². The molecule has 0 atom stereocenters. The van der Waals surface area contributed by atoms with Crippen molar-refractivity contribution in [2.45, 2.75) is 19.8 Å². The number of nitrogens with one attached hydrogen (secondary N) is 1. The number of nitrogens with zero attached hydrogens (tertiary/aromatic N) is 1. The van der Waals surface area contributed by atoms with Gasteiger partial charge in [0.1, 0.15) is 5.82 Å². The summed E-state index contributed by atoms with van der Waals surface area (Å²) in [7, 11) is 0. The third kappa shape index (κ3) is 3.23. The molecule has 0 spiro atoms. The smallest absolute Gasteiger partial charge is 0.145 e. The first-order valence-electron chi connectivity index (χ1n) is 5.25. The highest BCUT2D eigenvalue weighted by Crippen LogP contribution is 2.18. The first-order chi connectivity index (χ1) is 7.56. The van der Waals surface area contributed by atoms with Crippen LogP contribution < -0.4 is 5.32 Å². The normalized spacial score (nSPS) is 10.6. The molecule has 0 bridgehead atoms. The number of hydrogen-bond acceptors (Lipinski definition) is 3. The first kappa shape index (κ1) is 13.0. The van der Waals surface area contributed by atoms with Crippen molar-refractivity contribution < 1.29 is 4.39 Å². The van der Waals surface area contributed by atoms with Crippen molar-refractivity contribution in [2.24, 2.45) is 0 Å². The fourth-order valence-electron chi connectivity index (χ4n) is 1.35. The van der Waals surface area contributed by atoms with Crippen molar-refractivity contribution in [1.82, 2.24) is 10.3 Å². The van der Waals surface area contributed by atoms with Crippen molar-refractivity contribution in [3.63, 3.8) is 0 Å². The van der Waals surface area contributed by atoms with Gasteiger partial charge in [0, 0.05) is 29.8 Å². The summed E-state index contributed by atoms with van der Waals surface area (Å²) >= 11 is 4.08. The number of hydrogen-bond donors (Lipinski definition) is 2. The van der Waals surface area contributed by atoms with E-state index in [0.29, 0.717) is 29.3 Å². The molecule has 1 N–H and O–H groups in total. The summed E-state index contributed by atoms with van der Waals surface area (Å²) in [6, 6.07) is 1.47. The molecule has 1 aromatic rings. The molecule has 0 aliphatic carbocycles. The van der Waals surface area contributed by atoms with Gasteiger partial charge in [-0.1, -0.05) is 20.4 Å². The molecule has 0 aromatic carbocycles. The number of thiol groups is 1. The molecule has 1 aromatic heterocycles. The van der Waals surface area contributed by atoms with Gasteiger partial charge < -0.3 is 5.32 Å². The molecule has 16 heavy (non-hydrogen) atoms. The Kier molecular flexibility index (Phi) is 4.80. The zero-order chi connectivity index (χ0) is 12.1. The van der Waals surface area contributed by atoms with Gasteiger partial charge in [-0.05, 0) is 12.0 Å². The van der Waals surface area contributed by atoms with Crippen LogP contribution in [0.2, 0.25) is 0 Å². The molecular weight excluding hydrogens is 223 g/mol. The predicted molar refractivity (Wildman–Crippen MR) is 69.2 cm³/mol. The zero-order valence-electron chi connectivity index (χ0n) is 9.63. The van der Waals surface area contributed by atoms with Crippen LogP contribution in [0.5, 0.6) is 0 Å². The van der Waals surface area contributed by atoms with E-state index in [1.807, 2.05) is 13.8 Å². The van der Waals surface area contributed by atoms with Crippen LogP contribution in [0.3, 0.4) is 0 Å². The van der Waals surface area contributed by atoms with E-state index in [4.69, 9.17) is 0 Å². The minimum atomic E-state index is -0.277. The summed E-state index contributed by atoms with van der Waals surface area (Å²) in [4.78, 5) is 4.11. The van der Waals surface area contributed by atoms with E-state index < -0.39 is 0 Å². The van der Waals surface area contributed by atoms with Gasteiger partial charge in [-0.15, -0.1) is 0 Å². The molecule has 0 unspecified atom stereocenters. The van der Waals surface area contributed by atoms with Crippen LogP contribution in [-0.4, -0.2) is 17.3 Å². The van der Waals surface area contributed by atoms with E-state index in [2.05, 4.69) is 29.5 Å². The van der Waals surface area contributed by atoms with Gasteiger partial charge >= 0.3 is 0 Å². The van der Waals surface area contributed by atoms with Gasteiger partial charge in [0.05, 0.1) is 5.69 Å². The van der Waals surface area contributed by atoms with Gasteiger partial charge in [0.15, 0.2) is 0 Å². The van der Waals surface area contributed by atoms with Crippen LogP contribution in [0.15, 0.2) is 18.8 Å². The van der Waals surface area contributed by atoms with Crippen molar-refractivity contribution in [2.75, 3.05) is 12.3 Å². The highest BCUT2D eigenvalue weighted by molar-refractivity contribution is 7.80. The lowest BCUT2D eigenvalue weighted by molar-refractivity contribution is 0.583. The maximum atomic E-state index is 13.6. The van der Waals surface area contributed by atoms with E-state index in [1.54, 1.807) is 6.20 Å². The van der Waals surface area contributed by atoms with E-state index in [-0.39, 0.29) is 11.7 Å². The lowest BCUT2D eigenvalue weighted by atomic mass is 10.1. The van der Waals surface area contributed by atoms with Crippen molar-refractivity contribution in [1.29, 1.82) is 0 Å². The number of pyridine rings is 1. The van der Waals surface area contributed by atoms with Gasteiger partial charge in [0.2, 0.25) is 0 Å². The van der Waals surface area contributed by atoms with Gasteiger partial charge in [-0.3, -0.25) is 4.98 Å². The van der Waals surface area contributed by atoms with Crippen LogP contribution in [0.1, 0.15) is 31.0 Å². The summed E-state index contributed by atoms with van der Waals surface area (Å²) in [5.41, 5.74) is 1.85. The average Bonchev–Trinajstić information content (AvgIpc) is 2.25. The molecule has 88 valence electrons. The monoisotopic (exact) mass is 240 g/mol. The van der Waals surface area contributed by atoms with Crippen LogP contribution in [-0.2, 0) is 0 Å². The molecule has 1 heterocycles. The molecule has 2 nitrogen and oxygen atoms in total. The third-order valence-electron chi connectivity index (χ3n) is 2.22. The maximum Gasteiger partial charge on any atom is 0.145 e. The van der Waals surface area contributed by atoms with Crippen molar-refractivity contribution in [3.8, 4) is 0 Å². The zero-order valence-corrected chi connectivity index (χ0v) is 10.5. The summed E-state index contributed by atoms with van der Waals surface area (Å²) in [6.45, 7) is 8.36. The van der Waals surface area contributed by atoms with Gasteiger partial charge in [-0.25, -0.2) is 4.39 Å². The summed E-state index contributed by atoms with van der Waals surface area (Å²) < 4.78 is 13.6. The third-order valence-corrected chi connectivity index (χ3v) is 2.44. The number of rotatable bonds is 5. The largest absolute Gasteiger partial charge is 0.384 e. The predicted octanol–water partition coefficient (Wildman–Crippen LogP) is 2.83. The van der Waals surface area contributed by atoms with E-state index in [1.165, 1.54) is 6.07 Å². The Morgan fingerprint density at radius 3 is 2.81 bits per heavy atom. The lowest BCUT2D eigenvalue weighted by Gasteiger charge is -2.11. The van der Waals surface area contributed by atoms with Crippen LogP contribution >= 0.6 is 12.6 Å². The van der Waals surface area contributed by atoms with Crippen molar-refractivity contribution >= 4 is 18.3 Å². The molecule has 0 saturated carbocycles. The minimum absolute atomic E-state index is 0.0905. The minimum Gasteiger partial charge on any atom is -0.384 e. The molecule has 0 aliphatic rings. The molecule has 1 rings (SSSR count). The molecule has 0 amide bonds. The van der Waals surface area contributed by atoms with Crippen LogP contribution in [0.25, 0.3) is 5.70 Å². The Morgan fingerprint density at radius 1 is 1.62 bits per heavy atom. The lowest BCUT2D eigenvalue weighted by Crippen LogP contribution is -2.14. The first-order valence-corrected chi connectivity index (χ1v) is 5.89. The second-order valence-electron chi connectivity index (χ2n) is 3.87. The summed E-state index contributed by atoms with van der Waals surface area (Å²) in [6.07, 6.45) is 1.65. The highest BCUT2D eigenvalue weighted by Gasteiger charge is 2.09.